The van der Waals surface area contributed by atoms with Crippen LogP contribution in [-0.2, 0) is 37.5 Å². The standard InChI is InChI=1S/C33H29ClF2N4O6S/c34-24-6-8-26(9-7-24)46-31-28(35)17-27(18-29(31)36)47(43,44)40-25-10-13-33(40,32(42)38-45-20-23-4-2-1-3-5-23)21-39(19-25)30(41)16-22-11-14-37-15-12-22/h1-9,11-12,14-15,17-18,25H,10,13,16,19-21H2,(H,38,42). The Labute approximate surface area is 274 Å². The van der Waals surface area contributed by atoms with Crippen LogP contribution >= 0.6 is 11.6 Å². The molecule has 2 aliphatic heterocycles. The summed E-state index contributed by atoms with van der Waals surface area (Å²) >= 11 is 5.87. The molecular formula is C33H29ClF2N4O6S. The Balaban J connectivity index is 1.30. The van der Waals surface area contributed by atoms with Crippen molar-refractivity contribution in [3.05, 3.63) is 119 Å². The van der Waals surface area contributed by atoms with Crippen LogP contribution < -0.4 is 10.2 Å². The Bertz CT molecular complexity index is 1860. The third-order valence-corrected chi connectivity index (χ3v) is 10.5. The first kappa shape index (κ1) is 32.5. The van der Waals surface area contributed by atoms with Crippen molar-refractivity contribution in [3.8, 4) is 11.5 Å². The molecule has 2 atom stereocenters. The molecule has 2 aliphatic rings. The first-order valence-corrected chi connectivity index (χ1v) is 16.5. The van der Waals surface area contributed by atoms with E-state index in [-0.39, 0.29) is 50.6 Å². The Morgan fingerprint density at radius 2 is 1.66 bits per heavy atom. The highest BCUT2D eigenvalue weighted by Gasteiger charge is 2.61. The molecule has 1 N–H and O–H groups in total. The molecule has 2 bridgehead atoms. The van der Waals surface area contributed by atoms with Gasteiger partial charge in [-0.3, -0.25) is 19.4 Å². The molecular weight excluding hydrogens is 654 g/mol. The van der Waals surface area contributed by atoms with E-state index in [2.05, 4.69) is 10.5 Å². The van der Waals surface area contributed by atoms with Gasteiger partial charge in [0.25, 0.3) is 5.91 Å². The molecule has 6 rings (SSSR count). The van der Waals surface area contributed by atoms with Gasteiger partial charge in [-0.1, -0.05) is 41.9 Å². The third kappa shape index (κ3) is 6.70. The number of fused-ring (bicyclic) bond motifs is 2. The molecule has 0 saturated carbocycles. The molecule has 244 valence electrons. The largest absolute Gasteiger partial charge is 0.451 e. The summed E-state index contributed by atoms with van der Waals surface area (Å²) in [6, 6.07) is 18.6. The average molecular weight is 683 g/mol. The van der Waals surface area contributed by atoms with E-state index in [0.29, 0.717) is 22.7 Å². The molecule has 2 unspecified atom stereocenters. The lowest BCUT2D eigenvalue weighted by Crippen LogP contribution is -2.69. The van der Waals surface area contributed by atoms with Crippen LogP contribution in [0.15, 0.2) is 96.2 Å². The van der Waals surface area contributed by atoms with Gasteiger partial charge >= 0.3 is 0 Å². The highest BCUT2D eigenvalue weighted by molar-refractivity contribution is 7.89. The minimum absolute atomic E-state index is 0.00493. The number of aromatic nitrogens is 1. The summed E-state index contributed by atoms with van der Waals surface area (Å²) in [6.45, 7) is -0.323. The van der Waals surface area contributed by atoms with E-state index in [0.717, 1.165) is 9.87 Å². The molecule has 4 aromatic rings. The van der Waals surface area contributed by atoms with Gasteiger partial charge < -0.3 is 9.64 Å². The van der Waals surface area contributed by atoms with Crippen molar-refractivity contribution in [3.63, 3.8) is 0 Å². The summed E-state index contributed by atoms with van der Waals surface area (Å²) in [5.74, 6) is -4.36. The maximum absolute atomic E-state index is 15.3. The Morgan fingerprint density at radius 3 is 2.34 bits per heavy atom. The number of amides is 2. The molecule has 3 aromatic carbocycles. The zero-order valence-corrected chi connectivity index (χ0v) is 26.4. The number of nitrogens with one attached hydrogen (secondary N) is 1. The third-order valence-electron chi connectivity index (χ3n) is 8.22. The molecule has 0 radical (unpaired) electrons. The van der Waals surface area contributed by atoms with Crippen molar-refractivity contribution in [2.24, 2.45) is 0 Å². The molecule has 2 amide bonds. The normalized spacial score (nSPS) is 19.4. The van der Waals surface area contributed by atoms with Crippen molar-refractivity contribution in [2.75, 3.05) is 13.1 Å². The first-order chi connectivity index (χ1) is 22.6. The fourth-order valence-electron chi connectivity index (χ4n) is 5.99. The fraction of sp³-hybridized carbons (Fsp3) is 0.242. The van der Waals surface area contributed by atoms with Gasteiger partial charge in [-0.05, 0) is 72.5 Å². The van der Waals surface area contributed by atoms with Crippen LogP contribution in [0.4, 0.5) is 8.78 Å². The number of carbonyl (C=O) groups is 2. The van der Waals surface area contributed by atoms with Crippen LogP contribution in [0.1, 0.15) is 24.0 Å². The number of likely N-dealkylation sites (tertiary alicyclic amines) is 1. The van der Waals surface area contributed by atoms with E-state index in [1.807, 2.05) is 6.07 Å². The lowest BCUT2D eigenvalue weighted by atomic mass is 9.95. The molecule has 1 aromatic heterocycles. The Kier molecular flexibility index (Phi) is 9.24. The van der Waals surface area contributed by atoms with Crippen LogP contribution in [0, 0.1) is 11.6 Å². The fourth-order valence-corrected chi connectivity index (χ4v) is 8.11. The summed E-state index contributed by atoms with van der Waals surface area (Å²) in [5.41, 5.74) is 2.01. The number of carbonyl (C=O) groups excluding carboxylic acids is 2. The highest BCUT2D eigenvalue weighted by Crippen LogP contribution is 2.44. The number of nitrogens with zero attached hydrogens (tertiary/aromatic N) is 3. The van der Waals surface area contributed by atoms with Gasteiger partial charge in [0.05, 0.1) is 17.9 Å². The van der Waals surface area contributed by atoms with E-state index in [9.17, 15) is 18.0 Å². The van der Waals surface area contributed by atoms with Crippen molar-refractivity contribution in [2.45, 2.75) is 42.3 Å². The Morgan fingerprint density at radius 1 is 0.979 bits per heavy atom. The van der Waals surface area contributed by atoms with Crippen LogP contribution in [0.25, 0.3) is 0 Å². The van der Waals surface area contributed by atoms with Crippen LogP contribution in [0.3, 0.4) is 0 Å². The molecule has 2 saturated heterocycles. The summed E-state index contributed by atoms with van der Waals surface area (Å²) in [5, 5.41) is 0.386. The topological polar surface area (TPSA) is 118 Å². The quantitative estimate of drug-likeness (QED) is 0.233. The Hall–Kier alpha value is -4.43. The predicted octanol–water partition coefficient (Wildman–Crippen LogP) is 5.03. The maximum atomic E-state index is 15.3. The summed E-state index contributed by atoms with van der Waals surface area (Å²) in [7, 11) is -4.71. The number of hydroxylamine groups is 1. The minimum Gasteiger partial charge on any atom is -0.451 e. The number of rotatable bonds is 10. The van der Waals surface area contributed by atoms with E-state index in [1.165, 1.54) is 29.2 Å². The van der Waals surface area contributed by atoms with Gasteiger partial charge in [0.15, 0.2) is 17.4 Å². The first-order valence-electron chi connectivity index (χ1n) is 14.7. The van der Waals surface area contributed by atoms with E-state index < -0.39 is 49.8 Å². The summed E-state index contributed by atoms with van der Waals surface area (Å²) < 4.78 is 65.4. The second-order valence-corrected chi connectivity index (χ2v) is 13.6. The number of sulfonamides is 1. The van der Waals surface area contributed by atoms with Gasteiger partial charge in [0.1, 0.15) is 11.3 Å². The van der Waals surface area contributed by atoms with Crippen molar-refractivity contribution >= 4 is 33.4 Å². The molecule has 10 nitrogen and oxygen atoms in total. The summed E-state index contributed by atoms with van der Waals surface area (Å²) in [6.07, 6.45) is 3.38. The van der Waals surface area contributed by atoms with Gasteiger partial charge in [0.2, 0.25) is 15.9 Å². The molecule has 14 heteroatoms. The minimum atomic E-state index is -4.71. The van der Waals surface area contributed by atoms with Gasteiger partial charge in [-0.2, -0.15) is 4.31 Å². The number of hydrogen-bond donors (Lipinski definition) is 1. The number of pyridine rings is 1. The lowest BCUT2D eigenvalue weighted by Gasteiger charge is -2.46. The molecule has 0 spiro atoms. The van der Waals surface area contributed by atoms with Gasteiger partial charge in [-0.25, -0.2) is 22.7 Å². The van der Waals surface area contributed by atoms with Crippen LogP contribution in [-0.4, -0.2) is 59.1 Å². The smallest absolute Gasteiger partial charge is 0.266 e. The van der Waals surface area contributed by atoms with Gasteiger partial charge in [0, 0.05) is 36.5 Å². The molecule has 2 fully saturated rings. The van der Waals surface area contributed by atoms with Gasteiger partial charge in [-0.15, -0.1) is 0 Å². The lowest BCUT2D eigenvalue weighted by molar-refractivity contribution is -0.150. The zero-order chi connectivity index (χ0) is 33.2. The number of piperazine rings is 1. The number of ether oxygens (including phenoxy) is 1. The van der Waals surface area contributed by atoms with Crippen molar-refractivity contribution in [1.82, 2.24) is 19.7 Å². The van der Waals surface area contributed by atoms with Crippen LogP contribution in [0.2, 0.25) is 5.02 Å². The van der Waals surface area contributed by atoms with Crippen molar-refractivity contribution in [1.29, 1.82) is 0 Å². The van der Waals surface area contributed by atoms with E-state index in [4.69, 9.17) is 21.2 Å². The summed E-state index contributed by atoms with van der Waals surface area (Å²) in [4.78, 5) is 37.5. The molecule has 0 aliphatic carbocycles. The average Bonchev–Trinajstić information content (AvgIpc) is 3.32. The predicted molar refractivity (Wildman–Crippen MR) is 167 cm³/mol. The molecule has 47 heavy (non-hydrogen) atoms. The SMILES string of the molecule is O=C(Cc1ccncc1)N1CC2CCC(C(=O)NOCc3ccccc3)(C1)N2S(=O)(=O)c1cc(F)c(Oc2ccc(Cl)cc2)c(F)c1. The maximum Gasteiger partial charge on any atom is 0.266 e. The zero-order valence-electron chi connectivity index (χ0n) is 24.8. The number of benzene rings is 3. The second-order valence-electron chi connectivity index (χ2n) is 11.3. The van der Waals surface area contributed by atoms with Crippen molar-refractivity contribution < 1.29 is 36.4 Å². The number of hydrogen-bond acceptors (Lipinski definition) is 7. The van der Waals surface area contributed by atoms with Crippen LogP contribution in [0.5, 0.6) is 11.5 Å². The second kappa shape index (κ2) is 13.4. The monoisotopic (exact) mass is 682 g/mol. The highest BCUT2D eigenvalue weighted by atomic mass is 35.5. The van der Waals surface area contributed by atoms with E-state index in [1.54, 1.807) is 48.8 Å². The molecule has 3 heterocycles. The van der Waals surface area contributed by atoms with E-state index >= 15 is 8.78 Å². The number of halogens is 3.